The van der Waals surface area contributed by atoms with Gasteiger partial charge in [0, 0.05) is 23.0 Å². The Morgan fingerprint density at radius 1 is 1.00 bits per heavy atom. The van der Waals surface area contributed by atoms with Crippen LogP contribution < -0.4 is 10.6 Å². The van der Waals surface area contributed by atoms with Crippen molar-refractivity contribution in [2.75, 3.05) is 11.9 Å². The lowest BCUT2D eigenvalue weighted by Crippen LogP contribution is -2.34. The highest BCUT2D eigenvalue weighted by atomic mass is 79.9. The van der Waals surface area contributed by atoms with Crippen LogP contribution in [0.2, 0.25) is 0 Å². The fraction of sp³-hybridized carbons (Fsp3) is 0.286. The summed E-state index contributed by atoms with van der Waals surface area (Å²) in [7, 11) is 0. The molecular formula is C21H23BrN2O3S. The molecular weight excluding hydrogens is 440 g/mol. The van der Waals surface area contributed by atoms with Gasteiger partial charge in [-0.2, -0.15) is 0 Å². The van der Waals surface area contributed by atoms with Crippen molar-refractivity contribution in [3.05, 3.63) is 64.6 Å². The van der Waals surface area contributed by atoms with Crippen molar-refractivity contribution in [2.24, 2.45) is 0 Å². The van der Waals surface area contributed by atoms with Gasteiger partial charge in [0.2, 0.25) is 5.91 Å². The van der Waals surface area contributed by atoms with Gasteiger partial charge < -0.3 is 15.4 Å². The van der Waals surface area contributed by atoms with E-state index in [1.165, 1.54) is 5.56 Å². The quantitative estimate of drug-likeness (QED) is 0.323. The van der Waals surface area contributed by atoms with E-state index in [1.807, 2.05) is 42.5 Å². The van der Waals surface area contributed by atoms with Gasteiger partial charge in [0.1, 0.15) is 0 Å². The molecule has 0 aliphatic heterocycles. The third-order valence-corrected chi connectivity index (χ3v) is 4.53. The molecule has 0 aliphatic carbocycles. The Bertz CT molecular complexity index is 799. The van der Waals surface area contributed by atoms with E-state index >= 15 is 0 Å². The van der Waals surface area contributed by atoms with Crippen molar-refractivity contribution < 1.29 is 14.3 Å². The van der Waals surface area contributed by atoms with E-state index in [0.717, 1.165) is 23.0 Å². The van der Waals surface area contributed by atoms with Crippen LogP contribution in [0.4, 0.5) is 5.69 Å². The zero-order valence-corrected chi connectivity index (χ0v) is 17.9. The number of thiocarbonyl (C=S) groups is 1. The Morgan fingerprint density at radius 2 is 1.79 bits per heavy atom. The van der Waals surface area contributed by atoms with E-state index in [2.05, 4.69) is 38.7 Å². The number of rotatable bonds is 9. The second-order valence-electron chi connectivity index (χ2n) is 6.18. The summed E-state index contributed by atoms with van der Waals surface area (Å²) in [5.41, 5.74) is 2.00. The molecule has 0 aromatic heterocycles. The molecule has 0 saturated carbocycles. The number of esters is 1. The summed E-state index contributed by atoms with van der Waals surface area (Å²) in [6.07, 6.45) is 2.50. The van der Waals surface area contributed by atoms with Crippen molar-refractivity contribution in [3.63, 3.8) is 0 Å². The Hall–Kier alpha value is -2.25. The topological polar surface area (TPSA) is 67.4 Å². The Kier molecular flexibility index (Phi) is 9.65. The summed E-state index contributed by atoms with van der Waals surface area (Å²) in [4.78, 5) is 23.6. The van der Waals surface area contributed by atoms with Crippen LogP contribution in [0.15, 0.2) is 59.1 Å². The minimum atomic E-state index is -0.282. The molecule has 1 amide bonds. The predicted octanol–water partition coefficient (Wildman–Crippen LogP) is 4.61. The first-order chi connectivity index (χ1) is 13.5. The lowest BCUT2D eigenvalue weighted by Gasteiger charge is -2.10. The van der Waals surface area contributed by atoms with Crippen molar-refractivity contribution in [2.45, 2.75) is 32.1 Å². The number of hydrogen-bond donors (Lipinski definition) is 2. The molecule has 7 heteroatoms. The van der Waals surface area contributed by atoms with Crippen molar-refractivity contribution in [1.29, 1.82) is 0 Å². The van der Waals surface area contributed by atoms with E-state index < -0.39 is 0 Å². The molecule has 0 aliphatic rings. The highest BCUT2D eigenvalue weighted by Gasteiger charge is 2.08. The smallest absolute Gasteiger partial charge is 0.305 e. The van der Waals surface area contributed by atoms with Gasteiger partial charge in [-0.15, -0.1) is 0 Å². The van der Waals surface area contributed by atoms with Crippen molar-refractivity contribution >= 4 is 50.8 Å². The van der Waals surface area contributed by atoms with E-state index in [4.69, 9.17) is 17.0 Å². The monoisotopic (exact) mass is 462 g/mol. The molecule has 2 rings (SSSR count). The van der Waals surface area contributed by atoms with Gasteiger partial charge in [0.05, 0.1) is 6.61 Å². The molecule has 0 unspecified atom stereocenters. The molecule has 0 saturated heterocycles. The number of ether oxygens (including phenoxy) is 1. The zero-order valence-electron chi connectivity index (χ0n) is 15.4. The SMILES string of the molecule is O=C(CCCC(=O)OCCCc1ccccc1)NC(=S)Nc1cccc(Br)c1. The molecule has 5 nitrogen and oxygen atoms in total. The molecule has 0 atom stereocenters. The molecule has 2 aromatic rings. The second-order valence-corrected chi connectivity index (χ2v) is 7.50. The molecule has 2 N–H and O–H groups in total. The lowest BCUT2D eigenvalue weighted by atomic mass is 10.1. The molecule has 0 fully saturated rings. The number of anilines is 1. The number of nitrogens with one attached hydrogen (secondary N) is 2. The van der Waals surface area contributed by atoms with Crippen molar-refractivity contribution in [3.8, 4) is 0 Å². The zero-order chi connectivity index (χ0) is 20.2. The summed E-state index contributed by atoms with van der Waals surface area (Å²) < 4.78 is 6.11. The maximum atomic E-state index is 11.9. The van der Waals surface area contributed by atoms with Crippen LogP contribution in [0.25, 0.3) is 0 Å². The second kappa shape index (κ2) is 12.3. The van der Waals surface area contributed by atoms with E-state index in [9.17, 15) is 9.59 Å². The Morgan fingerprint density at radius 3 is 2.54 bits per heavy atom. The van der Waals surface area contributed by atoms with Gasteiger partial charge in [-0.1, -0.05) is 52.3 Å². The number of carbonyl (C=O) groups excluding carboxylic acids is 2. The van der Waals surface area contributed by atoms with Gasteiger partial charge in [-0.05, 0) is 55.2 Å². The van der Waals surface area contributed by atoms with Crippen LogP contribution >= 0.6 is 28.1 Å². The third-order valence-electron chi connectivity index (χ3n) is 3.84. The van der Waals surface area contributed by atoms with Crippen LogP contribution in [0, 0.1) is 0 Å². The number of hydrogen-bond acceptors (Lipinski definition) is 4. The number of aryl methyl sites for hydroxylation is 1. The summed E-state index contributed by atoms with van der Waals surface area (Å²) in [5, 5.41) is 5.77. The van der Waals surface area contributed by atoms with E-state index in [-0.39, 0.29) is 29.8 Å². The van der Waals surface area contributed by atoms with Crippen LogP contribution in [0.5, 0.6) is 0 Å². The third kappa shape index (κ3) is 9.10. The summed E-state index contributed by atoms with van der Waals surface area (Å²) in [6.45, 7) is 0.389. The van der Waals surface area contributed by atoms with Gasteiger partial charge in [0.15, 0.2) is 5.11 Å². The van der Waals surface area contributed by atoms with E-state index in [0.29, 0.717) is 13.0 Å². The molecule has 0 spiro atoms. The Labute approximate surface area is 179 Å². The first kappa shape index (κ1) is 22.0. The Balaban J connectivity index is 1.54. The number of halogens is 1. The van der Waals surface area contributed by atoms with Gasteiger partial charge in [0.25, 0.3) is 0 Å². The van der Waals surface area contributed by atoms with Crippen molar-refractivity contribution in [1.82, 2.24) is 5.32 Å². The normalized spacial score (nSPS) is 10.2. The highest BCUT2D eigenvalue weighted by molar-refractivity contribution is 9.10. The van der Waals surface area contributed by atoms with Gasteiger partial charge >= 0.3 is 5.97 Å². The number of amides is 1. The molecule has 0 radical (unpaired) electrons. The predicted molar refractivity (Wildman–Crippen MR) is 118 cm³/mol. The van der Waals surface area contributed by atoms with Crippen LogP contribution in [0.3, 0.4) is 0 Å². The standard InChI is InChI=1S/C21H23BrN2O3S/c22-17-10-4-11-18(15-17)23-21(28)24-19(25)12-5-13-20(26)27-14-6-9-16-7-2-1-3-8-16/h1-4,7-8,10-11,15H,5-6,9,12-14H2,(H2,23,24,25,28). The number of benzene rings is 2. The molecule has 2 aromatic carbocycles. The average molecular weight is 463 g/mol. The average Bonchev–Trinajstić information content (AvgIpc) is 2.66. The largest absolute Gasteiger partial charge is 0.466 e. The van der Waals surface area contributed by atoms with Crippen LogP contribution in [-0.2, 0) is 20.7 Å². The number of carbonyl (C=O) groups is 2. The lowest BCUT2D eigenvalue weighted by molar-refractivity contribution is -0.143. The summed E-state index contributed by atoms with van der Waals surface area (Å²) in [6, 6.07) is 17.5. The van der Waals surface area contributed by atoms with Crippen LogP contribution in [-0.4, -0.2) is 23.6 Å². The molecule has 148 valence electrons. The molecule has 0 bridgehead atoms. The fourth-order valence-electron chi connectivity index (χ4n) is 2.49. The molecule has 0 heterocycles. The summed E-state index contributed by atoms with van der Waals surface area (Å²) >= 11 is 8.49. The van der Waals surface area contributed by atoms with Crippen LogP contribution in [0.1, 0.15) is 31.2 Å². The fourth-order valence-corrected chi connectivity index (χ4v) is 3.12. The highest BCUT2D eigenvalue weighted by Crippen LogP contribution is 2.15. The van der Waals surface area contributed by atoms with E-state index in [1.54, 1.807) is 0 Å². The van der Waals surface area contributed by atoms with Gasteiger partial charge in [-0.25, -0.2) is 0 Å². The maximum Gasteiger partial charge on any atom is 0.305 e. The maximum absolute atomic E-state index is 11.9. The minimum absolute atomic E-state index is 0.208. The first-order valence-corrected chi connectivity index (χ1v) is 10.3. The first-order valence-electron chi connectivity index (χ1n) is 9.09. The molecule has 28 heavy (non-hydrogen) atoms. The summed E-state index contributed by atoms with van der Waals surface area (Å²) in [5.74, 6) is -0.514. The minimum Gasteiger partial charge on any atom is -0.466 e. The van der Waals surface area contributed by atoms with Gasteiger partial charge in [-0.3, -0.25) is 9.59 Å².